The minimum Gasteiger partial charge on any atom is -0.496 e. The third kappa shape index (κ3) is 5.91. The second kappa shape index (κ2) is 9.36. The van der Waals surface area contributed by atoms with E-state index in [4.69, 9.17) is 33.0 Å². The highest BCUT2D eigenvalue weighted by Crippen LogP contribution is 2.35. The fourth-order valence-electron chi connectivity index (χ4n) is 1.95. The number of allylic oxidation sites excluding steroid dienone is 6. The molecule has 5 heteroatoms. The minimum absolute atomic E-state index is 0.516. The molecule has 0 radical (unpaired) electrons. The van der Waals surface area contributed by atoms with Gasteiger partial charge in [-0.1, -0.05) is 59.2 Å². The molecule has 0 unspecified atom stereocenters. The maximum absolute atomic E-state index is 10.5. The lowest BCUT2D eigenvalue weighted by Gasteiger charge is -2.10. The molecule has 1 rings (SSSR count). The Balaban J connectivity index is 2.97. The van der Waals surface area contributed by atoms with Crippen LogP contribution in [0.1, 0.15) is 25.0 Å². The standard InChI is InChI=1S/C19H20Cl2O3/c1-12(6-5-7-13(2)10-18(22)23)8-9-15-16(20)11-17(24-4)14(3)19(15)21/h5-11H,1-4H3,(H,22,23)/b7-5+,9-8?,12-6?,13-10+. The van der Waals surface area contributed by atoms with Gasteiger partial charge in [-0.3, -0.25) is 0 Å². The first kappa shape index (κ1) is 20.1. The van der Waals surface area contributed by atoms with Gasteiger partial charge in [-0.15, -0.1) is 0 Å². The van der Waals surface area contributed by atoms with Crippen molar-refractivity contribution in [2.75, 3.05) is 7.11 Å². The highest BCUT2D eigenvalue weighted by atomic mass is 35.5. The van der Waals surface area contributed by atoms with Gasteiger partial charge < -0.3 is 9.84 Å². The Kier molecular flexibility index (Phi) is 7.83. The fraction of sp³-hybridized carbons (Fsp3) is 0.211. The molecule has 0 aliphatic rings. The van der Waals surface area contributed by atoms with Crippen LogP contribution >= 0.6 is 23.2 Å². The molecule has 0 amide bonds. The molecule has 1 aromatic rings. The summed E-state index contributed by atoms with van der Waals surface area (Å²) in [4.78, 5) is 10.5. The van der Waals surface area contributed by atoms with E-state index in [9.17, 15) is 4.79 Å². The first-order chi connectivity index (χ1) is 11.3. The number of aliphatic carboxylic acids is 1. The summed E-state index contributed by atoms with van der Waals surface area (Å²) < 4.78 is 5.23. The number of halogens is 2. The highest BCUT2D eigenvalue weighted by molar-refractivity contribution is 6.38. The first-order valence-corrected chi connectivity index (χ1v) is 7.98. The van der Waals surface area contributed by atoms with E-state index in [1.807, 2.05) is 32.1 Å². The van der Waals surface area contributed by atoms with Crippen LogP contribution in [0, 0.1) is 6.92 Å². The van der Waals surface area contributed by atoms with E-state index in [-0.39, 0.29) is 0 Å². The topological polar surface area (TPSA) is 46.5 Å². The summed E-state index contributed by atoms with van der Waals surface area (Å²) in [5.41, 5.74) is 3.19. The van der Waals surface area contributed by atoms with E-state index >= 15 is 0 Å². The Morgan fingerprint density at radius 1 is 1.21 bits per heavy atom. The van der Waals surface area contributed by atoms with Gasteiger partial charge in [-0.25, -0.2) is 4.79 Å². The van der Waals surface area contributed by atoms with Gasteiger partial charge in [-0.2, -0.15) is 0 Å². The molecule has 0 saturated carbocycles. The van der Waals surface area contributed by atoms with Crippen molar-refractivity contribution < 1.29 is 14.6 Å². The van der Waals surface area contributed by atoms with E-state index in [0.717, 1.165) is 22.8 Å². The monoisotopic (exact) mass is 366 g/mol. The fourth-order valence-corrected chi connectivity index (χ4v) is 2.51. The van der Waals surface area contributed by atoms with Crippen LogP contribution in [0.5, 0.6) is 5.75 Å². The molecule has 3 nitrogen and oxygen atoms in total. The Labute approximate surface area is 152 Å². The summed E-state index contributed by atoms with van der Waals surface area (Å²) in [7, 11) is 1.57. The van der Waals surface area contributed by atoms with Crippen LogP contribution in [0.3, 0.4) is 0 Å². The largest absolute Gasteiger partial charge is 0.496 e. The van der Waals surface area contributed by atoms with Crippen LogP contribution < -0.4 is 4.74 Å². The van der Waals surface area contributed by atoms with E-state index < -0.39 is 5.97 Å². The van der Waals surface area contributed by atoms with Crippen molar-refractivity contribution in [2.45, 2.75) is 20.8 Å². The van der Waals surface area contributed by atoms with Gasteiger partial charge in [0.1, 0.15) is 5.75 Å². The van der Waals surface area contributed by atoms with Crippen molar-refractivity contribution in [3.8, 4) is 5.75 Å². The number of carboxylic acid groups (broad SMARTS) is 1. The maximum Gasteiger partial charge on any atom is 0.328 e. The second-order valence-corrected chi connectivity index (χ2v) is 6.03. The van der Waals surface area contributed by atoms with Crippen LogP contribution in [-0.4, -0.2) is 18.2 Å². The van der Waals surface area contributed by atoms with Crippen LogP contribution in [-0.2, 0) is 4.79 Å². The molecule has 0 aromatic heterocycles. The average molecular weight is 367 g/mol. The predicted octanol–water partition coefficient (Wildman–Crippen LogP) is 5.86. The molecule has 0 heterocycles. The average Bonchev–Trinajstić information content (AvgIpc) is 2.50. The van der Waals surface area contributed by atoms with Crippen molar-refractivity contribution in [1.29, 1.82) is 0 Å². The lowest BCUT2D eigenvalue weighted by molar-refractivity contribution is -0.131. The lowest BCUT2D eigenvalue weighted by Crippen LogP contribution is -1.91. The SMILES string of the molecule is COc1cc(Cl)c(C=CC(C)=C/C=C/C(C)=C/C(=O)O)c(Cl)c1C. The zero-order valence-corrected chi connectivity index (χ0v) is 15.6. The summed E-state index contributed by atoms with van der Waals surface area (Å²) in [6.45, 7) is 5.52. The zero-order valence-electron chi connectivity index (χ0n) is 14.1. The molecule has 0 aliphatic heterocycles. The number of ether oxygens (including phenoxy) is 1. The lowest BCUT2D eigenvalue weighted by atomic mass is 10.1. The van der Waals surface area contributed by atoms with E-state index in [1.54, 1.807) is 32.3 Å². The number of hydrogen-bond donors (Lipinski definition) is 1. The Hall–Kier alpha value is -1.97. The van der Waals surface area contributed by atoms with Crippen molar-refractivity contribution in [1.82, 2.24) is 0 Å². The van der Waals surface area contributed by atoms with Gasteiger partial charge in [0.25, 0.3) is 0 Å². The summed E-state index contributed by atoms with van der Waals surface area (Å²) in [6, 6.07) is 1.74. The van der Waals surface area contributed by atoms with Crippen LogP contribution in [0.15, 0.2) is 47.6 Å². The van der Waals surface area contributed by atoms with Crippen molar-refractivity contribution in [3.63, 3.8) is 0 Å². The summed E-state index contributed by atoms with van der Waals surface area (Å²) in [5.74, 6) is -0.310. The molecule has 0 atom stereocenters. The maximum atomic E-state index is 10.5. The van der Waals surface area contributed by atoms with Crippen LogP contribution in [0.25, 0.3) is 6.08 Å². The number of methoxy groups -OCH3 is 1. The van der Waals surface area contributed by atoms with Crippen molar-refractivity contribution >= 4 is 35.2 Å². The van der Waals surface area contributed by atoms with E-state index in [2.05, 4.69) is 0 Å². The van der Waals surface area contributed by atoms with Crippen LogP contribution in [0.4, 0.5) is 0 Å². The summed E-state index contributed by atoms with van der Waals surface area (Å²) >= 11 is 12.6. The zero-order chi connectivity index (χ0) is 18.3. The second-order valence-electron chi connectivity index (χ2n) is 5.24. The summed E-state index contributed by atoms with van der Waals surface area (Å²) in [6.07, 6.45) is 10.3. The first-order valence-electron chi connectivity index (χ1n) is 7.23. The van der Waals surface area contributed by atoms with Crippen molar-refractivity contribution in [3.05, 3.63) is 68.8 Å². The molecular weight excluding hydrogens is 347 g/mol. The van der Waals surface area contributed by atoms with Crippen LogP contribution in [0.2, 0.25) is 10.0 Å². The normalized spacial score (nSPS) is 13.1. The Morgan fingerprint density at radius 2 is 1.88 bits per heavy atom. The number of carbonyl (C=O) groups is 1. The Morgan fingerprint density at radius 3 is 2.46 bits per heavy atom. The molecule has 0 fully saturated rings. The van der Waals surface area contributed by atoms with E-state index in [0.29, 0.717) is 21.4 Å². The predicted molar refractivity (Wildman–Crippen MR) is 101 cm³/mol. The van der Waals surface area contributed by atoms with Gasteiger partial charge in [0, 0.05) is 17.2 Å². The highest BCUT2D eigenvalue weighted by Gasteiger charge is 2.11. The van der Waals surface area contributed by atoms with Gasteiger partial charge in [0.15, 0.2) is 0 Å². The van der Waals surface area contributed by atoms with E-state index in [1.165, 1.54) is 0 Å². The molecular formula is C19H20Cl2O3. The number of carboxylic acids is 1. The van der Waals surface area contributed by atoms with Crippen molar-refractivity contribution in [2.24, 2.45) is 0 Å². The third-order valence-corrected chi connectivity index (χ3v) is 4.05. The van der Waals surface area contributed by atoms with Gasteiger partial charge in [0.05, 0.1) is 17.2 Å². The van der Waals surface area contributed by atoms with Gasteiger partial charge in [0.2, 0.25) is 0 Å². The number of benzene rings is 1. The van der Waals surface area contributed by atoms with Gasteiger partial charge >= 0.3 is 5.97 Å². The molecule has 0 aliphatic carbocycles. The molecule has 0 spiro atoms. The number of rotatable bonds is 6. The quantitative estimate of drug-likeness (QED) is 0.506. The minimum atomic E-state index is -0.961. The molecule has 1 aromatic carbocycles. The Bertz CT molecular complexity index is 741. The molecule has 0 saturated heterocycles. The molecule has 0 bridgehead atoms. The summed E-state index contributed by atoms with van der Waals surface area (Å²) in [5, 5.41) is 9.71. The molecule has 24 heavy (non-hydrogen) atoms. The molecule has 128 valence electrons. The third-order valence-electron chi connectivity index (χ3n) is 3.25. The van der Waals surface area contributed by atoms with Gasteiger partial charge in [-0.05, 0) is 32.4 Å². The molecule has 1 N–H and O–H groups in total. The smallest absolute Gasteiger partial charge is 0.328 e. The number of hydrogen-bond acceptors (Lipinski definition) is 2.